The number of piperazine rings is 1. The maximum Gasteiger partial charge on any atom is 0.241 e. The third kappa shape index (κ3) is 3.08. The van der Waals surface area contributed by atoms with Gasteiger partial charge in [-0.05, 0) is 19.2 Å². The SMILES string of the molecule is CN1CCNC(C(=O)N(C)Cc2ccc[nH]2)C1. The monoisotopic (exact) mass is 236 g/mol. The van der Waals surface area contributed by atoms with Gasteiger partial charge in [0.05, 0.1) is 12.6 Å². The molecule has 94 valence electrons. The summed E-state index contributed by atoms with van der Waals surface area (Å²) in [5.41, 5.74) is 1.06. The van der Waals surface area contributed by atoms with Gasteiger partial charge >= 0.3 is 0 Å². The standard InChI is InChI=1S/C12H20N4O/c1-15-7-6-14-11(9-15)12(17)16(2)8-10-4-3-5-13-10/h3-5,11,13-14H,6-9H2,1-2H3. The third-order valence-corrected chi connectivity index (χ3v) is 3.12. The molecule has 1 unspecified atom stereocenters. The van der Waals surface area contributed by atoms with Crippen LogP contribution in [-0.2, 0) is 11.3 Å². The fourth-order valence-electron chi connectivity index (χ4n) is 2.13. The van der Waals surface area contributed by atoms with Gasteiger partial charge in [0.2, 0.25) is 5.91 Å². The van der Waals surface area contributed by atoms with Gasteiger partial charge in [-0.25, -0.2) is 0 Å². The van der Waals surface area contributed by atoms with Crippen LogP contribution < -0.4 is 5.32 Å². The molecule has 2 heterocycles. The Morgan fingerprint density at radius 3 is 3.12 bits per heavy atom. The van der Waals surface area contributed by atoms with Gasteiger partial charge in [0.15, 0.2) is 0 Å². The fraction of sp³-hybridized carbons (Fsp3) is 0.583. The molecule has 0 aliphatic carbocycles. The van der Waals surface area contributed by atoms with Crippen LogP contribution in [0.25, 0.3) is 0 Å². The molecular formula is C12H20N4O. The highest BCUT2D eigenvalue weighted by atomic mass is 16.2. The minimum Gasteiger partial charge on any atom is -0.364 e. The first-order chi connectivity index (χ1) is 8.16. The number of aromatic amines is 1. The number of nitrogens with one attached hydrogen (secondary N) is 2. The number of likely N-dealkylation sites (N-methyl/N-ethyl adjacent to an activating group) is 2. The second-order valence-electron chi connectivity index (χ2n) is 4.66. The maximum absolute atomic E-state index is 12.2. The number of hydrogen-bond donors (Lipinski definition) is 2. The summed E-state index contributed by atoms with van der Waals surface area (Å²) in [6.45, 7) is 3.30. The predicted octanol–water partition coefficient (Wildman–Crippen LogP) is -0.123. The Morgan fingerprint density at radius 2 is 2.47 bits per heavy atom. The van der Waals surface area contributed by atoms with Crippen molar-refractivity contribution in [3.05, 3.63) is 24.0 Å². The molecule has 1 aromatic heterocycles. The van der Waals surface area contributed by atoms with Gasteiger partial charge in [-0.15, -0.1) is 0 Å². The van der Waals surface area contributed by atoms with Crippen LogP contribution in [0.1, 0.15) is 5.69 Å². The lowest BCUT2D eigenvalue weighted by atomic mass is 10.2. The Bertz CT molecular complexity index is 363. The topological polar surface area (TPSA) is 51.4 Å². The van der Waals surface area contributed by atoms with Crippen molar-refractivity contribution in [2.24, 2.45) is 0 Å². The Balaban J connectivity index is 1.90. The molecule has 1 aliphatic heterocycles. The van der Waals surface area contributed by atoms with Gasteiger partial charge in [-0.3, -0.25) is 4.79 Å². The lowest BCUT2D eigenvalue weighted by Crippen LogP contribution is -2.56. The molecule has 5 heteroatoms. The molecule has 1 aliphatic rings. The molecular weight excluding hydrogens is 216 g/mol. The minimum absolute atomic E-state index is 0.0753. The van der Waals surface area contributed by atoms with E-state index < -0.39 is 0 Å². The highest BCUT2D eigenvalue weighted by molar-refractivity contribution is 5.82. The number of nitrogens with zero attached hydrogens (tertiary/aromatic N) is 2. The van der Waals surface area contributed by atoms with Crippen LogP contribution in [0, 0.1) is 0 Å². The lowest BCUT2D eigenvalue weighted by Gasteiger charge is -2.32. The first-order valence-corrected chi connectivity index (χ1v) is 5.96. The molecule has 0 saturated carbocycles. The first kappa shape index (κ1) is 12.1. The van der Waals surface area contributed by atoms with Gasteiger partial charge in [0.1, 0.15) is 0 Å². The average molecular weight is 236 g/mol. The molecule has 1 amide bonds. The van der Waals surface area contributed by atoms with Crippen molar-refractivity contribution in [2.75, 3.05) is 33.7 Å². The maximum atomic E-state index is 12.2. The summed E-state index contributed by atoms with van der Waals surface area (Å²) in [5.74, 6) is 0.158. The van der Waals surface area contributed by atoms with E-state index >= 15 is 0 Å². The van der Waals surface area contributed by atoms with E-state index in [0.29, 0.717) is 6.54 Å². The highest BCUT2D eigenvalue weighted by Crippen LogP contribution is 2.04. The fourth-order valence-corrected chi connectivity index (χ4v) is 2.13. The van der Waals surface area contributed by atoms with E-state index in [4.69, 9.17) is 0 Å². The molecule has 17 heavy (non-hydrogen) atoms. The molecule has 0 aromatic carbocycles. The zero-order chi connectivity index (χ0) is 12.3. The first-order valence-electron chi connectivity index (χ1n) is 5.96. The number of amides is 1. The van der Waals surface area contributed by atoms with Crippen molar-refractivity contribution >= 4 is 5.91 Å². The molecule has 0 spiro atoms. The summed E-state index contributed by atoms with van der Waals surface area (Å²) in [6, 6.07) is 3.86. The number of hydrogen-bond acceptors (Lipinski definition) is 3. The van der Waals surface area contributed by atoms with Crippen molar-refractivity contribution in [2.45, 2.75) is 12.6 Å². The predicted molar refractivity (Wildman–Crippen MR) is 66.6 cm³/mol. The zero-order valence-corrected chi connectivity index (χ0v) is 10.4. The van der Waals surface area contributed by atoms with Crippen LogP contribution >= 0.6 is 0 Å². The van der Waals surface area contributed by atoms with E-state index in [9.17, 15) is 4.79 Å². The molecule has 0 bridgehead atoms. The summed E-state index contributed by atoms with van der Waals surface area (Å²) in [4.78, 5) is 19.3. The molecule has 5 nitrogen and oxygen atoms in total. The number of carbonyl (C=O) groups excluding carboxylic acids is 1. The molecule has 1 atom stereocenters. The molecule has 2 rings (SSSR count). The largest absolute Gasteiger partial charge is 0.364 e. The van der Waals surface area contributed by atoms with Crippen LogP contribution in [-0.4, -0.2) is 60.5 Å². The Morgan fingerprint density at radius 1 is 1.65 bits per heavy atom. The zero-order valence-electron chi connectivity index (χ0n) is 10.4. The van der Waals surface area contributed by atoms with E-state index in [1.807, 2.05) is 32.4 Å². The van der Waals surface area contributed by atoms with Crippen LogP contribution in [0.15, 0.2) is 18.3 Å². The van der Waals surface area contributed by atoms with Gasteiger partial charge in [-0.1, -0.05) is 0 Å². The van der Waals surface area contributed by atoms with Crippen molar-refractivity contribution in [3.8, 4) is 0 Å². The summed E-state index contributed by atoms with van der Waals surface area (Å²) in [7, 11) is 3.89. The second kappa shape index (κ2) is 5.33. The normalized spacial score (nSPS) is 21.4. The van der Waals surface area contributed by atoms with E-state index in [-0.39, 0.29) is 11.9 Å². The second-order valence-corrected chi connectivity index (χ2v) is 4.66. The van der Waals surface area contributed by atoms with Crippen molar-refractivity contribution in [1.82, 2.24) is 20.1 Å². The molecule has 1 fully saturated rings. The van der Waals surface area contributed by atoms with Crippen LogP contribution in [0.3, 0.4) is 0 Å². The van der Waals surface area contributed by atoms with Gasteiger partial charge in [0.25, 0.3) is 0 Å². The average Bonchev–Trinajstić information content (AvgIpc) is 2.80. The number of rotatable bonds is 3. The van der Waals surface area contributed by atoms with Gasteiger partial charge < -0.3 is 20.1 Å². The Labute approximate surface area is 102 Å². The summed E-state index contributed by atoms with van der Waals surface area (Å²) >= 11 is 0. The smallest absolute Gasteiger partial charge is 0.241 e. The Hall–Kier alpha value is -1.33. The number of aromatic nitrogens is 1. The van der Waals surface area contributed by atoms with Crippen molar-refractivity contribution in [1.29, 1.82) is 0 Å². The van der Waals surface area contributed by atoms with Crippen LogP contribution in [0.5, 0.6) is 0 Å². The van der Waals surface area contributed by atoms with Crippen molar-refractivity contribution in [3.63, 3.8) is 0 Å². The Kier molecular flexibility index (Phi) is 3.81. The van der Waals surface area contributed by atoms with Crippen molar-refractivity contribution < 1.29 is 4.79 Å². The van der Waals surface area contributed by atoms with E-state index in [2.05, 4.69) is 15.2 Å². The van der Waals surface area contributed by atoms with E-state index in [0.717, 1.165) is 25.3 Å². The molecule has 0 radical (unpaired) electrons. The molecule has 1 aromatic rings. The quantitative estimate of drug-likeness (QED) is 0.769. The summed E-state index contributed by atoms with van der Waals surface area (Å²) in [6.07, 6.45) is 1.88. The summed E-state index contributed by atoms with van der Waals surface area (Å²) < 4.78 is 0. The number of H-pyrrole nitrogens is 1. The lowest BCUT2D eigenvalue weighted by molar-refractivity contribution is -0.133. The summed E-state index contributed by atoms with van der Waals surface area (Å²) in [5, 5.41) is 3.27. The van der Waals surface area contributed by atoms with Gasteiger partial charge in [-0.2, -0.15) is 0 Å². The van der Waals surface area contributed by atoms with E-state index in [1.54, 1.807) is 4.90 Å². The molecule has 1 saturated heterocycles. The van der Waals surface area contributed by atoms with E-state index in [1.165, 1.54) is 0 Å². The van der Waals surface area contributed by atoms with Crippen LogP contribution in [0.2, 0.25) is 0 Å². The van der Waals surface area contributed by atoms with Crippen LogP contribution in [0.4, 0.5) is 0 Å². The molecule has 2 N–H and O–H groups in total. The third-order valence-electron chi connectivity index (χ3n) is 3.12. The number of carbonyl (C=O) groups is 1. The highest BCUT2D eigenvalue weighted by Gasteiger charge is 2.25. The van der Waals surface area contributed by atoms with Gasteiger partial charge in [0, 0.05) is 38.6 Å². The minimum atomic E-state index is -0.0753.